The van der Waals surface area contributed by atoms with Crippen molar-refractivity contribution in [3.63, 3.8) is 0 Å². The van der Waals surface area contributed by atoms with Crippen LogP contribution in [-0.4, -0.2) is 30.1 Å². The summed E-state index contributed by atoms with van der Waals surface area (Å²) in [5.41, 5.74) is 4.03. The second kappa shape index (κ2) is 5.62. The summed E-state index contributed by atoms with van der Waals surface area (Å²) in [6.07, 6.45) is 1.28. The Morgan fingerprint density at radius 2 is 1.73 bits per heavy atom. The average molecular weight is 352 g/mol. The number of benzene rings is 1. The number of hydrogen-bond acceptors (Lipinski definition) is 4. The number of carbonyl (C=O) groups excluding carboxylic acids is 1. The molecule has 4 rings (SSSR count). The Morgan fingerprint density at radius 1 is 1.04 bits per heavy atom. The SMILES string of the molecule is CN(C)c1ccc(C2C3=C(CC(C)(C)CC3=O)Nc3[nH][nH]c(=O)c32)cc1. The molecule has 0 saturated heterocycles. The Hall–Kier alpha value is -2.76. The van der Waals surface area contributed by atoms with Crippen molar-refractivity contribution in [3.8, 4) is 0 Å². The van der Waals surface area contributed by atoms with Gasteiger partial charge in [0.2, 0.25) is 0 Å². The molecule has 6 nitrogen and oxygen atoms in total. The van der Waals surface area contributed by atoms with Gasteiger partial charge in [0.15, 0.2) is 5.78 Å². The first-order valence-electron chi connectivity index (χ1n) is 8.88. The van der Waals surface area contributed by atoms with Crippen LogP contribution in [0.5, 0.6) is 0 Å². The Kier molecular flexibility index (Phi) is 3.61. The number of nitrogens with one attached hydrogen (secondary N) is 3. The lowest BCUT2D eigenvalue weighted by atomic mass is 9.69. The molecule has 2 heterocycles. The number of fused-ring (bicyclic) bond motifs is 1. The number of aromatic amines is 2. The highest BCUT2D eigenvalue weighted by atomic mass is 16.1. The van der Waals surface area contributed by atoms with Crippen LogP contribution in [0, 0.1) is 5.41 Å². The fourth-order valence-electron chi connectivity index (χ4n) is 4.12. The van der Waals surface area contributed by atoms with Crippen molar-refractivity contribution in [2.45, 2.75) is 32.6 Å². The zero-order valence-electron chi connectivity index (χ0n) is 15.6. The number of hydrogen-bond donors (Lipinski definition) is 3. The molecule has 1 aliphatic heterocycles. The van der Waals surface area contributed by atoms with Crippen molar-refractivity contribution in [3.05, 3.63) is 57.0 Å². The van der Waals surface area contributed by atoms with Gasteiger partial charge in [-0.15, -0.1) is 0 Å². The van der Waals surface area contributed by atoms with Crippen LogP contribution in [0.3, 0.4) is 0 Å². The predicted octanol–water partition coefficient (Wildman–Crippen LogP) is 2.97. The molecule has 1 unspecified atom stereocenters. The first-order chi connectivity index (χ1) is 12.3. The molecular formula is C20H24N4O2. The van der Waals surface area contributed by atoms with Crippen molar-refractivity contribution < 1.29 is 4.79 Å². The largest absolute Gasteiger partial charge is 0.378 e. The van der Waals surface area contributed by atoms with E-state index in [1.165, 1.54) is 0 Å². The van der Waals surface area contributed by atoms with Crippen LogP contribution in [0.1, 0.15) is 43.7 Å². The van der Waals surface area contributed by atoms with Crippen LogP contribution in [0.2, 0.25) is 0 Å². The van der Waals surface area contributed by atoms with E-state index in [-0.39, 0.29) is 22.7 Å². The molecule has 0 saturated carbocycles. The van der Waals surface area contributed by atoms with E-state index in [1.54, 1.807) is 0 Å². The van der Waals surface area contributed by atoms with Crippen LogP contribution in [0.25, 0.3) is 0 Å². The van der Waals surface area contributed by atoms with E-state index in [1.807, 2.05) is 43.3 Å². The second-order valence-corrected chi connectivity index (χ2v) is 8.24. The van der Waals surface area contributed by atoms with E-state index in [0.29, 0.717) is 17.8 Å². The first kappa shape index (κ1) is 16.7. The highest BCUT2D eigenvalue weighted by molar-refractivity contribution is 6.01. The van der Waals surface area contributed by atoms with Crippen molar-refractivity contribution in [2.24, 2.45) is 5.41 Å². The Bertz CT molecular complexity index is 960. The fourth-order valence-corrected chi connectivity index (χ4v) is 4.12. The highest BCUT2D eigenvalue weighted by Crippen LogP contribution is 2.47. The average Bonchev–Trinajstić information content (AvgIpc) is 2.93. The zero-order chi connectivity index (χ0) is 18.6. The number of allylic oxidation sites excluding steroid dienone is 2. The minimum absolute atomic E-state index is 0.0870. The number of nitrogens with zero attached hydrogens (tertiary/aromatic N) is 1. The van der Waals surface area contributed by atoms with Gasteiger partial charge < -0.3 is 10.2 Å². The van der Waals surface area contributed by atoms with E-state index >= 15 is 0 Å². The molecular weight excluding hydrogens is 328 g/mol. The molecule has 0 radical (unpaired) electrons. The molecule has 1 aliphatic carbocycles. The normalized spacial score (nSPS) is 21.1. The van der Waals surface area contributed by atoms with E-state index in [2.05, 4.69) is 29.4 Å². The van der Waals surface area contributed by atoms with Gasteiger partial charge in [0.1, 0.15) is 5.82 Å². The Balaban J connectivity index is 1.89. The van der Waals surface area contributed by atoms with Gasteiger partial charge in [0, 0.05) is 43.4 Å². The second-order valence-electron chi connectivity index (χ2n) is 8.24. The molecule has 0 bridgehead atoms. The standard InChI is InChI=1S/C20H24N4O2/c1-20(2)9-13-16(14(25)10-20)15(17-18(21-13)22-23-19(17)26)11-5-7-12(8-6-11)24(3)4/h5-8,15H,9-10H2,1-4H3,(H3,21,22,23,26). The highest BCUT2D eigenvalue weighted by Gasteiger charge is 2.42. The summed E-state index contributed by atoms with van der Waals surface area (Å²) in [7, 11) is 3.98. The molecule has 2 aromatic rings. The monoisotopic (exact) mass is 352 g/mol. The van der Waals surface area contributed by atoms with Crippen LogP contribution < -0.4 is 15.8 Å². The lowest BCUT2D eigenvalue weighted by Crippen LogP contribution is -2.35. The summed E-state index contributed by atoms with van der Waals surface area (Å²) >= 11 is 0. The molecule has 0 amide bonds. The van der Waals surface area contributed by atoms with Gasteiger partial charge in [-0.05, 0) is 29.5 Å². The maximum atomic E-state index is 13.0. The minimum Gasteiger partial charge on any atom is -0.378 e. The van der Waals surface area contributed by atoms with Crippen molar-refractivity contribution in [2.75, 3.05) is 24.3 Å². The topological polar surface area (TPSA) is 81.0 Å². The van der Waals surface area contributed by atoms with Crippen LogP contribution in [0.4, 0.5) is 11.5 Å². The number of rotatable bonds is 2. The third-order valence-corrected chi connectivity index (χ3v) is 5.33. The van der Waals surface area contributed by atoms with E-state index < -0.39 is 0 Å². The predicted molar refractivity (Wildman–Crippen MR) is 103 cm³/mol. The van der Waals surface area contributed by atoms with Gasteiger partial charge in [-0.3, -0.25) is 19.8 Å². The molecule has 0 spiro atoms. The molecule has 1 aromatic carbocycles. The molecule has 1 aromatic heterocycles. The number of H-pyrrole nitrogens is 2. The first-order valence-corrected chi connectivity index (χ1v) is 8.88. The number of carbonyl (C=O) groups is 1. The van der Waals surface area contributed by atoms with Crippen molar-refractivity contribution in [1.82, 2.24) is 10.2 Å². The molecule has 2 aliphatic rings. The molecule has 1 atom stereocenters. The number of anilines is 2. The third-order valence-electron chi connectivity index (χ3n) is 5.33. The maximum Gasteiger partial charge on any atom is 0.270 e. The zero-order valence-corrected chi connectivity index (χ0v) is 15.6. The van der Waals surface area contributed by atoms with Crippen LogP contribution in [0.15, 0.2) is 40.3 Å². The Labute approximate surface area is 152 Å². The summed E-state index contributed by atoms with van der Waals surface area (Å²) in [5, 5.41) is 8.89. The molecule has 136 valence electrons. The van der Waals surface area contributed by atoms with Crippen molar-refractivity contribution in [1.29, 1.82) is 0 Å². The van der Waals surface area contributed by atoms with Gasteiger partial charge in [0.25, 0.3) is 5.56 Å². The summed E-state index contributed by atoms with van der Waals surface area (Å²) in [5.74, 6) is 0.452. The minimum atomic E-state index is -0.337. The lowest BCUT2D eigenvalue weighted by Gasteiger charge is -2.37. The Morgan fingerprint density at radius 3 is 2.38 bits per heavy atom. The molecule has 26 heavy (non-hydrogen) atoms. The number of aromatic nitrogens is 2. The van der Waals surface area contributed by atoms with Crippen molar-refractivity contribution >= 4 is 17.3 Å². The summed E-state index contributed by atoms with van der Waals surface area (Å²) < 4.78 is 0. The van der Waals surface area contributed by atoms with Gasteiger partial charge in [-0.25, -0.2) is 0 Å². The molecule has 3 N–H and O–H groups in total. The molecule has 6 heteroatoms. The van der Waals surface area contributed by atoms with Gasteiger partial charge >= 0.3 is 0 Å². The van der Waals surface area contributed by atoms with Crippen LogP contribution >= 0.6 is 0 Å². The maximum absolute atomic E-state index is 13.0. The van der Waals surface area contributed by atoms with Gasteiger partial charge in [-0.1, -0.05) is 26.0 Å². The van der Waals surface area contributed by atoms with E-state index in [9.17, 15) is 9.59 Å². The molecule has 0 fully saturated rings. The lowest BCUT2D eigenvalue weighted by molar-refractivity contribution is -0.118. The quantitative estimate of drug-likeness (QED) is 0.776. The van der Waals surface area contributed by atoms with Crippen LogP contribution in [-0.2, 0) is 4.79 Å². The van der Waals surface area contributed by atoms with Gasteiger partial charge in [-0.2, -0.15) is 0 Å². The third kappa shape index (κ3) is 2.57. The summed E-state index contributed by atoms with van der Waals surface area (Å²) in [6.45, 7) is 4.21. The van der Waals surface area contributed by atoms with E-state index in [0.717, 1.165) is 28.9 Å². The smallest absolute Gasteiger partial charge is 0.270 e. The summed E-state index contributed by atoms with van der Waals surface area (Å²) in [4.78, 5) is 27.5. The fraction of sp³-hybridized carbons (Fsp3) is 0.400. The van der Waals surface area contributed by atoms with Gasteiger partial charge in [0.05, 0.1) is 5.56 Å². The summed E-state index contributed by atoms with van der Waals surface area (Å²) in [6, 6.07) is 8.07. The van der Waals surface area contributed by atoms with E-state index in [4.69, 9.17) is 0 Å². The number of Topliss-reactive ketones (excluding diaryl/α,β-unsaturated/α-hetero) is 1. The number of ketones is 1.